The average molecular weight is 282 g/mol. The molecule has 0 fully saturated rings. The monoisotopic (exact) mass is 282 g/mol. The number of benzene rings is 1. The highest BCUT2D eigenvalue weighted by Crippen LogP contribution is 2.11. The van der Waals surface area contributed by atoms with Crippen molar-refractivity contribution in [3.8, 4) is 0 Å². The highest BCUT2D eigenvalue weighted by Gasteiger charge is 2.09. The molecule has 0 aromatic heterocycles. The summed E-state index contributed by atoms with van der Waals surface area (Å²) in [7, 11) is -3.30. The van der Waals surface area contributed by atoms with Crippen molar-refractivity contribution in [3.63, 3.8) is 0 Å². The predicted octanol–water partition coefficient (Wildman–Crippen LogP) is 1.75. The summed E-state index contributed by atoms with van der Waals surface area (Å²) in [4.78, 5) is 11.6. The van der Waals surface area contributed by atoms with Gasteiger partial charge in [-0.2, -0.15) is 0 Å². The first kappa shape index (κ1) is 15.2. The fourth-order valence-corrected chi connectivity index (χ4v) is 2.59. The summed E-state index contributed by atoms with van der Waals surface area (Å²) in [5.41, 5.74) is 0.925. The van der Waals surface area contributed by atoms with Crippen LogP contribution in [0.3, 0.4) is 0 Å². The van der Waals surface area contributed by atoms with Crippen LogP contribution in [-0.4, -0.2) is 26.6 Å². The summed E-state index contributed by atoms with van der Waals surface area (Å²) < 4.78 is 25.6. The zero-order chi connectivity index (χ0) is 14.3. The van der Waals surface area contributed by atoms with Crippen molar-refractivity contribution in [1.29, 1.82) is 0 Å². The standard InChI is InChI=1S/C13H18N2O3S/c1-3-9-14-13(16)11-5-7-12(8-6-11)15-19(17,18)10-4-2/h3,5-8,15H,1,4,9-10H2,2H3,(H,14,16). The van der Waals surface area contributed by atoms with Crippen molar-refractivity contribution in [1.82, 2.24) is 5.32 Å². The summed E-state index contributed by atoms with van der Waals surface area (Å²) >= 11 is 0. The summed E-state index contributed by atoms with van der Waals surface area (Å²) in [6.07, 6.45) is 2.14. The summed E-state index contributed by atoms with van der Waals surface area (Å²) in [5, 5.41) is 2.64. The fourth-order valence-electron chi connectivity index (χ4n) is 1.46. The van der Waals surface area contributed by atoms with Crippen LogP contribution in [-0.2, 0) is 10.0 Å². The van der Waals surface area contributed by atoms with Gasteiger partial charge in [0.25, 0.3) is 5.91 Å². The molecule has 0 unspecified atom stereocenters. The Labute approximate surface area is 113 Å². The second-order valence-electron chi connectivity index (χ2n) is 4.00. The molecule has 0 aliphatic carbocycles. The van der Waals surface area contributed by atoms with Gasteiger partial charge in [-0.25, -0.2) is 8.42 Å². The lowest BCUT2D eigenvalue weighted by Gasteiger charge is -2.08. The minimum atomic E-state index is -3.30. The molecule has 5 nitrogen and oxygen atoms in total. The maximum atomic E-state index is 11.6. The molecule has 104 valence electrons. The van der Waals surface area contributed by atoms with Gasteiger partial charge in [0.1, 0.15) is 0 Å². The van der Waals surface area contributed by atoms with E-state index in [2.05, 4.69) is 16.6 Å². The number of carbonyl (C=O) groups is 1. The van der Waals surface area contributed by atoms with Gasteiger partial charge in [0.2, 0.25) is 10.0 Å². The van der Waals surface area contributed by atoms with Crippen molar-refractivity contribution in [3.05, 3.63) is 42.5 Å². The van der Waals surface area contributed by atoms with Gasteiger partial charge in [0, 0.05) is 17.8 Å². The summed E-state index contributed by atoms with van der Waals surface area (Å²) in [6, 6.07) is 6.27. The average Bonchev–Trinajstić information content (AvgIpc) is 2.36. The van der Waals surface area contributed by atoms with Gasteiger partial charge in [0.05, 0.1) is 5.75 Å². The number of carbonyl (C=O) groups excluding carboxylic acids is 1. The van der Waals surface area contributed by atoms with Crippen LogP contribution in [0.15, 0.2) is 36.9 Å². The first-order valence-electron chi connectivity index (χ1n) is 5.98. The fraction of sp³-hybridized carbons (Fsp3) is 0.308. The molecule has 1 aromatic carbocycles. The van der Waals surface area contributed by atoms with Gasteiger partial charge < -0.3 is 5.32 Å². The van der Waals surface area contributed by atoms with Crippen LogP contribution in [0.4, 0.5) is 5.69 Å². The number of rotatable bonds is 7. The first-order valence-corrected chi connectivity index (χ1v) is 7.63. The Kier molecular flexibility index (Phi) is 5.57. The van der Waals surface area contributed by atoms with E-state index in [0.29, 0.717) is 24.2 Å². The van der Waals surface area contributed by atoms with Crippen molar-refractivity contribution < 1.29 is 13.2 Å². The van der Waals surface area contributed by atoms with E-state index in [-0.39, 0.29) is 11.7 Å². The molecular formula is C13H18N2O3S. The van der Waals surface area contributed by atoms with E-state index in [9.17, 15) is 13.2 Å². The van der Waals surface area contributed by atoms with E-state index in [1.54, 1.807) is 37.3 Å². The molecule has 6 heteroatoms. The van der Waals surface area contributed by atoms with E-state index in [1.807, 2.05) is 0 Å². The number of hydrogen-bond acceptors (Lipinski definition) is 3. The lowest BCUT2D eigenvalue weighted by Crippen LogP contribution is -2.23. The highest BCUT2D eigenvalue weighted by atomic mass is 32.2. The Balaban J connectivity index is 2.71. The number of nitrogens with one attached hydrogen (secondary N) is 2. The molecule has 0 spiro atoms. The van der Waals surface area contributed by atoms with Gasteiger partial charge in [-0.1, -0.05) is 13.0 Å². The van der Waals surface area contributed by atoms with Crippen LogP contribution in [0.5, 0.6) is 0 Å². The maximum absolute atomic E-state index is 11.6. The SMILES string of the molecule is C=CCNC(=O)c1ccc(NS(=O)(=O)CCC)cc1. The molecule has 0 bridgehead atoms. The number of sulfonamides is 1. The second kappa shape index (κ2) is 6.94. The van der Waals surface area contributed by atoms with Crippen LogP contribution in [0.1, 0.15) is 23.7 Å². The molecule has 19 heavy (non-hydrogen) atoms. The zero-order valence-electron chi connectivity index (χ0n) is 10.8. The third-order valence-electron chi connectivity index (χ3n) is 2.30. The van der Waals surface area contributed by atoms with E-state index >= 15 is 0 Å². The molecule has 0 saturated heterocycles. The van der Waals surface area contributed by atoms with E-state index < -0.39 is 10.0 Å². The molecule has 0 atom stereocenters. The summed E-state index contributed by atoms with van der Waals surface area (Å²) in [6.45, 7) is 5.70. The maximum Gasteiger partial charge on any atom is 0.251 e. The van der Waals surface area contributed by atoms with Crippen molar-refractivity contribution >= 4 is 21.6 Å². The second-order valence-corrected chi connectivity index (χ2v) is 5.84. The normalized spacial score (nSPS) is 10.8. The smallest absolute Gasteiger partial charge is 0.251 e. The Morgan fingerprint density at radius 1 is 1.32 bits per heavy atom. The molecule has 0 radical (unpaired) electrons. The molecule has 0 aliphatic heterocycles. The molecular weight excluding hydrogens is 264 g/mol. The van der Waals surface area contributed by atoms with Crippen LogP contribution in [0.25, 0.3) is 0 Å². The largest absolute Gasteiger partial charge is 0.349 e. The zero-order valence-corrected chi connectivity index (χ0v) is 11.7. The molecule has 0 saturated carbocycles. The number of hydrogen-bond donors (Lipinski definition) is 2. The third-order valence-corrected chi connectivity index (χ3v) is 3.79. The minimum Gasteiger partial charge on any atom is -0.349 e. The highest BCUT2D eigenvalue weighted by molar-refractivity contribution is 7.92. The van der Waals surface area contributed by atoms with Crippen LogP contribution >= 0.6 is 0 Å². The van der Waals surface area contributed by atoms with Crippen molar-refractivity contribution in [2.24, 2.45) is 0 Å². The van der Waals surface area contributed by atoms with Crippen LogP contribution in [0.2, 0.25) is 0 Å². The van der Waals surface area contributed by atoms with Gasteiger partial charge in [-0.3, -0.25) is 9.52 Å². The Morgan fingerprint density at radius 3 is 2.47 bits per heavy atom. The lowest BCUT2D eigenvalue weighted by molar-refractivity contribution is 0.0958. The van der Waals surface area contributed by atoms with Crippen molar-refractivity contribution in [2.45, 2.75) is 13.3 Å². The van der Waals surface area contributed by atoms with Crippen LogP contribution in [0, 0.1) is 0 Å². The van der Waals surface area contributed by atoms with E-state index in [1.165, 1.54) is 0 Å². The van der Waals surface area contributed by atoms with Crippen LogP contribution < -0.4 is 10.0 Å². The quantitative estimate of drug-likeness (QED) is 0.748. The third kappa shape index (κ3) is 5.13. The molecule has 1 aromatic rings. The predicted molar refractivity (Wildman–Crippen MR) is 76.7 cm³/mol. The molecule has 1 amide bonds. The molecule has 0 heterocycles. The van der Waals surface area contributed by atoms with Gasteiger partial charge in [-0.05, 0) is 30.7 Å². The lowest BCUT2D eigenvalue weighted by atomic mass is 10.2. The van der Waals surface area contributed by atoms with Gasteiger partial charge in [-0.15, -0.1) is 6.58 Å². The topological polar surface area (TPSA) is 75.3 Å². The van der Waals surface area contributed by atoms with Gasteiger partial charge in [0.15, 0.2) is 0 Å². The Hall–Kier alpha value is -1.82. The molecule has 1 rings (SSSR count). The Morgan fingerprint density at radius 2 is 1.95 bits per heavy atom. The van der Waals surface area contributed by atoms with E-state index in [4.69, 9.17) is 0 Å². The summed E-state index contributed by atoms with van der Waals surface area (Å²) in [5.74, 6) is -0.142. The number of anilines is 1. The number of amides is 1. The van der Waals surface area contributed by atoms with Crippen molar-refractivity contribution in [2.75, 3.05) is 17.0 Å². The molecule has 0 aliphatic rings. The van der Waals surface area contributed by atoms with Gasteiger partial charge >= 0.3 is 0 Å². The molecule has 2 N–H and O–H groups in total. The first-order chi connectivity index (χ1) is 8.98. The minimum absolute atomic E-state index is 0.0779. The van der Waals surface area contributed by atoms with E-state index in [0.717, 1.165) is 0 Å². The Bertz CT molecular complexity index is 536.